The molecule has 1 aromatic carbocycles. The highest BCUT2D eigenvalue weighted by Crippen LogP contribution is 2.35. The van der Waals surface area contributed by atoms with Gasteiger partial charge in [0.1, 0.15) is 0 Å². The maximum absolute atomic E-state index is 12.7. The van der Waals surface area contributed by atoms with E-state index in [2.05, 4.69) is 4.98 Å². The Morgan fingerprint density at radius 3 is 2.54 bits per heavy atom. The van der Waals surface area contributed by atoms with Gasteiger partial charge < -0.3 is 10.2 Å². The van der Waals surface area contributed by atoms with Crippen LogP contribution in [-0.4, -0.2) is 33.0 Å². The monoisotopic (exact) mass is 402 g/mol. The van der Waals surface area contributed by atoms with E-state index in [0.29, 0.717) is 17.1 Å². The number of benzene rings is 1. The lowest BCUT2D eigenvalue weighted by atomic mass is 10.0. The van der Waals surface area contributed by atoms with E-state index in [1.54, 1.807) is 4.57 Å². The maximum atomic E-state index is 12.7. The Kier molecular flexibility index (Phi) is 6.59. The number of allylic oxidation sites excluding steroid dienone is 1. The summed E-state index contributed by atoms with van der Waals surface area (Å²) in [6.45, 7) is 4.03. The summed E-state index contributed by atoms with van der Waals surface area (Å²) in [5, 5.41) is 19.9. The van der Waals surface area contributed by atoms with Crippen LogP contribution in [-0.2, 0) is 6.54 Å². The molecule has 0 amide bonds. The third-order valence-electron chi connectivity index (χ3n) is 5.20. The lowest BCUT2D eigenvalue weighted by Crippen LogP contribution is -2.35. The largest absolute Gasteiger partial charge is 0.396 e. The Bertz CT molecular complexity index is 976. The van der Waals surface area contributed by atoms with Crippen molar-refractivity contribution in [2.24, 2.45) is 5.92 Å². The van der Waals surface area contributed by atoms with Crippen LogP contribution in [0.1, 0.15) is 38.2 Å². The molecule has 1 unspecified atom stereocenters. The summed E-state index contributed by atoms with van der Waals surface area (Å²) in [5.41, 5.74) is 1.54. The van der Waals surface area contributed by atoms with Crippen molar-refractivity contribution in [3.63, 3.8) is 0 Å². The zero-order chi connectivity index (χ0) is 20.3. The van der Waals surface area contributed by atoms with Crippen LogP contribution in [0, 0.1) is 5.92 Å². The smallest absolute Gasteiger partial charge is 0.329 e. The Labute approximate surface area is 167 Å². The molecule has 28 heavy (non-hydrogen) atoms. The van der Waals surface area contributed by atoms with Crippen molar-refractivity contribution in [2.45, 2.75) is 49.1 Å². The predicted molar refractivity (Wildman–Crippen MR) is 110 cm³/mol. The number of aromatic amines is 1. The Hall–Kier alpha value is -2.09. The molecule has 6 nitrogen and oxygen atoms in total. The number of rotatable bonds is 7. The highest BCUT2D eigenvalue weighted by molar-refractivity contribution is 7.99. The van der Waals surface area contributed by atoms with Gasteiger partial charge in [0.15, 0.2) is 0 Å². The summed E-state index contributed by atoms with van der Waals surface area (Å²) in [4.78, 5) is 28.6. The molecule has 0 saturated carbocycles. The SMILES string of the molecule is CC(C)c1c(Sc2ccccc2)n(CC2=C(CO)C(CO)CC2)c(=O)[nH]c1=O. The van der Waals surface area contributed by atoms with Crippen molar-refractivity contribution in [1.29, 1.82) is 0 Å². The number of nitrogens with zero attached hydrogens (tertiary/aromatic N) is 1. The lowest BCUT2D eigenvalue weighted by Gasteiger charge is -2.19. The highest BCUT2D eigenvalue weighted by atomic mass is 32.2. The summed E-state index contributed by atoms with van der Waals surface area (Å²) in [6, 6.07) is 9.65. The molecule has 1 atom stereocenters. The van der Waals surface area contributed by atoms with Crippen molar-refractivity contribution in [1.82, 2.24) is 9.55 Å². The summed E-state index contributed by atoms with van der Waals surface area (Å²) in [7, 11) is 0. The number of hydrogen-bond acceptors (Lipinski definition) is 5. The van der Waals surface area contributed by atoms with Gasteiger partial charge in [-0.2, -0.15) is 0 Å². The molecular weight excluding hydrogens is 376 g/mol. The topological polar surface area (TPSA) is 95.3 Å². The van der Waals surface area contributed by atoms with Crippen molar-refractivity contribution < 1.29 is 10.2 Å². The highest BCUT2D eigenvalue weighted by Gasteiger charge is 2.26. The Morgan fingerprint density at radius 2 is 1.93 bits per heavy atom. The molecule has 1 aliphatic rings. The average Bonchev–Trinajstić information content (AvgIpc) is 3.06. The van der Waals surface area contributed by atoms with Crippen LogP contribution in [0.25, 0.3) is 0 Å². The molecule has 7 heteroatoms. The number of H-pyrrole nitrogens is 1. The van der Waals surface area contributed by atoms with Gasteiger partial charge >= 0.3 is 5.69 Å². The van der Waals surface area contributed by atoms with Crippen molar-refractivity contribution in [3.05, 3.63) is 67.9 Å². The number of aromatic nitrogens is 2. The van der Waals surface area contributed by atoms with Gasteiger partial charge in [0.25, 0.3) is 5.56 Å². The fourth-order valence-corrected chi connectivity index (χ4v) is 4.93. The third kappa shape index (κ3) is 4.16. The maximum Gasteiger partial charge on any atom is 0.329 e. The molecule has 2 aromatic rings. The van der Waals surface area contributed by atoms with E-state index in [1.165, 1.54) is 11.8 Å². The zero-order valence-electron chi connectivity index (χ0n) is 16.1. The van der Waals surface area contributed by atoms with Crippen LogP contribution in [0.3, 0.4) is 0 Å². The molecule has 3 rings (SSSR count). The van der Waals surface area contributed by atoms with Crippen molar-refractivity contribution in [3.8, 4) is 0 Å². The second-order valence-electron chi connectivity index (χ2n) is 7.34. The summed E-state index contributed by atoms with van der Waals surface area (Å²) >= 11 is 1.40. The molecule has 0 saturated heterocycles. The Morgan fingerprint density at radius 1 is 1.21 bits per heavy atom. The molecule has 1 heterocycles. The van der Waals surface area contributed by atoms with E-state index >= 15 is 0 Å². The van der Waals surface area contributed by atoms with Crippen LogP contribution < -0.4 is 11.2 Å². The fourth-order valence-electron chi connectivity index (χ4n) is 3.72. The minimum atomic E-state index is -0.454. The second kappa shape index (κ2) is 8.94. The molecule has 1 aromatic heterocycles. The number of aliphatic hydroxyl groups is 2. The van der Waals surface area contributed by atoms with E-state index in [9.17, 15) is 19.8 Å². The molecule has 150 valence electrons. The average molecular weight is 403 g/mol. The number of nitrogens with one attached hydrogen (secondary N) is 1. The van der Waals surface area contributed by atoms with Gasteiger partial charge in [0.2, 0.25) is 0 Å². The van der Waals surface area contributed by atoms with Gasteiger partial charge in [-0.05, 0) is 42.0 Å². The van der Waals surface area contributed by atoms with Gasteiger partial charge in [-0.1, -0.05) is 43.8 Å². The fraction of sp³-hybridized carbons (Fsp3) is 0.429. The minimum absolute atomic E-state index is 0.0111. The van der Waals surface area contributed by atoms with Crippen LogP contribution in [0.5, 0.6) is 0 Å². The van der Waals surface area contributed by atoms with Crippen LogP contribution in [0.2, 0.25) is 0 Å². The van der Waals surface area contributed by atoms with Gasteiger partial charge in [0, 0.05) is 24.0 Å². The number of aliphatic hydroxyl groups excluding tert-OH is 2. The molecule has 0 spiro atoms. The van der Waals surface area contributed by atoms with E-state index in [-0.39, 0.29) is 30.6 Å². The first kappa shape index (κ1) is 20.6. The molecule has 1 aliphatic carbocycles. The number of hydrogen-bond donors (Lipinski definition) is 3. The van der Waals surface area contributed by atoms with Crippen LogP contribution in [0.4, 0.5) is 0 Å². The second-order valence-corrected chi connectivity index (χ2v) is 8.40. The van der Waals surface area contributed by atoms with Crippen molar-refractivity contribution >= 4 is 11.8 Å². The van der Waals surface area contributed by atoms with Crippen molar-refractivity contribution in [2.75, 3.05) is 13.2 Å². The van der Waals surface area contributed by atoms with Crippen LogP contribution in [0.15, 0.2) is 61.0 Å². The van der Waals surface area contributed by atoms with Gasteiger partial charge in [-0.25, -0.2) is 4.79 Å². The molecule has 0 fully saturated rings. The zero-order valence-corrected chi connectivity index (χ0v) is 17.0. The first-order valence-electron chi connectivity index (χ1n) is 9.48. The van der Waals surface area contributed by atoms with E-state index in [0.717, 1.165) is 28.9 Å². The molecular formula is C21H26N2O4S. The van der Waals surface area contributed by atoms with Gasteiger partial charge in [-0.3, -0.25) is 14.3 Å². The Balaban J connectivity index is 2.13. The molecule has 0 aliphatic heterocycles. The van der Waals surface area contributed by atoms with E-state index in [1.807, 2.05) is 44.2 Å². The van der Waals surface area contributed by atoms with Crippen LogP contribution >= 0.6 is 11.8 Å². The van der Waals surface area contributed by atoms with E-state index < -0.39 is 5.69 Å². The lowest BCUT2D eigenvalue weighted by molar-refractivity contribution is 0.228. The normalized spacial score (nSPS) is 17.0. The van der Waals surface area contributed by atoms with Gasteiger partial charge in [0.05, 0.1) is 17.2 Å². The third-order valence-corrected chi connectivity index (χ3v) is 6.34. The first-order chi connectivity index (χ1) is 13.5. The summed E-state index contributed by atoms with van der Waals surface area (Å²) < 4.78 is 1.60. The summed E-state index contributed by atoms with van der Waals surface area (Å²) in [6.07, 6.45) is 1.48. The summed E-state index contributed by atoms with van der Waals surface area (Å²) in [5.74, 6) is -0.116. The predicted octanol–water partition coefficient (Wildman–Crippen LogP) is 2.50. The quantitative estimate of drug-likeness (QED) is 0.489. The molecule has 0 radical (unpaired) electrons. The van der Waals surface area contributed by atoms with Gasteiger partial charge in [-0.15, -0.1) is 0 Å². The molecule has 0 bridgehead atoms. The standard InChI is InChI=1S/C21H26N2O4S/c1-13(2)18-19(26)22-21(27)23(20(18)28-16-6-4-3-5-7-16)10-14-8-9-15(11-24)17(14)12-25/h3-7,13,15,24-25H,8-12H2,1-2H3,(H,22,26,27). The first-order valence-corrected chi connectivity index (χ1v) is 10.3. The van der Waals surface area contributed by atoms with E-state index in [4.69, 9.17) is 0 Å². The minimum Gasteiger partial charge on any atom is -0.396 e. The molecule has 3 N–H and O–H groups in total.